The number of aryl methyl sites for hydroxylation is 1. The van der Waals surface area contributed by atoms with Gasteiger partial charge in [-0.05, 0) is 30.7 Å². The van der Waals surface area contributed by atoms with Crippen LogP contribution in [0.2, 0.25) is 0 Å². The van der Waals surface area contributed by atoms with Gasteiger partial charge in [0.2, 0.25) is 11.9 Å². The molecule has 2 heterocycles. The maximum Gasteiger partial charge on any atom is 0.232 e. The van der Waals surface area contributed by atoms with Crippen molar-refractivity contribution in [1.82, 2.24) is 19.9 Å². The lowest BCUT2D eigenvalue weighted by atomic mass is 10.2. The van der Waals surface area contributed by atoms with Crippen molar-refractivity contribution in [3.05, 3.63) is 54.2 Å². The van der Waals surface area contributed by atoms with E-state index in [1.165, 1.54) is 0 Å². The zero-order valence-corrected chi connectivity index (χ0v) is 12.2. The number of nitrogen functional groups attached to an aromatic ring is 1. The van der Waals surface area contributed by atoms with Crippen molar-refractivity contribution in [2.75, 3.05) is 11.1 Å². The van der Waals surface area contributed by atoms with Gasteiger partial charge in [-0.2, -0.15) is 15.0 Å². The van der Waals surface area contributed by atoms with E-state index in [9.17, 15) is 0 Å². The summed E-state index contributed by atoms with van der Waals surface area (Å²) >= 11 is 0. The van der Waals surface area contributed by atoms with Crippen LogP contribution in [0.15, 0.2) is 48.5 Å². The normalized spacial score (nSPS) is 10.4. The second-order valence-corrected chi connectivity index (χ2v) is 4.70. The average Bonchev–Trinajstić information content (AvgIpc) is 2.55. The van der Waals surface area contributed by atoms with Crippen molar-refractivity contribution >= 4 is 17.6 Å². The number of anilines is 3. The van der Waals surface area contributed by atoms with E-state index in [1.807, 2.05) is 48.5 Å². The minimum atomic E-state index is 0.159. The number of nitrogens with zero attached hydrogens (tertiary/aromatic N) is 4. The zero-order chi connectivity index (χ0) is 15.4. The fourth-order valence-electron chi connectivity index (χ4n) is 2.01. The first-order valence-electron chi connectivity index (χ1n) is 7.04. The molecule has 0 spiro atoms. The van der Waals surface area contributed by atoms with E-state index in [-0.39, 0.29) is 5.95 Å². The second-order valence-electron chi connectivity index (χ2n) is 4.70. The van der Waals surface area contributed by atoms with Crippen LogP contribution in [0.5, 0.6) is 0 Å². The van der Waals surface area contributed by atoms with Gasteiger partial charge in [0.25, 0.3) is 0 Å². The molecule has 0 aliphatic heterocycles. The molecular formula is C16H16N6. The number of nitrogens with two attached hydrogens (primary N) is 1. The molecule has 0 amide bonds. The molecule has 0 bridgehead atoms. The molecule has 0 saturated heterocycles. The molecule has 2 aromatic heterocycles. The Hall–Kier alpha value is -3.02. The third-order valence-electron chi connectivity index (χ3n) is 3.08. The van der Waals surface area contributed by atoms with Gasteiger partial charge in [0, 0.05) is 11.4 Å². The van der Waals surface area contributed by atoms with Gasteiger partial charge in [0.15, 0.2) is 5.82 Å². The average molecular weight is 292 g/mol. The first-order valence-corrected chi connectivity index (χ1v) is 7.04. The first-order chi connectivity index (χ1) is 10.7. The molecule has 6 heteroatoms. The number of hydrogen-bond donors (Lipinski definition) is 2. The molecule has 0 aliphatic rings. The highest BCUT2D eigenvalue weighted by Gasteiger charge is 2.09. The summed E-state index contributed by atoms with van der Waals surface area (Å²) < 4.78 is 0. The Morgan fingerprint density at radius 2 is 1.73 bits per heavy atom. The third-order valence-corrected chi connectivity index (χ3v) is 3.08. The summed E-state index contributed by atoms with van der Waals surface area (Å²) in [6, 6.07) is 15.4. The van der Waals surface area contributed by atoms with Gasteiger partial charge in [-0.1, -0.05) is 31.2 Å². The molecule has 1 aromatic carbocycles. The van der Waals surface area contributed by atoms with Crippen molar-refractivity contribution in [2.24, 2.45) is 0 Å². The van der Waals surface area contributed by atoms with Gasteiger partial charge in [-0.15, -0.1) is 0 Å². The molecule has 0 fully saturated rings. The molecule has 3 aromatic rings. The largest absolute Gasteiger partial charge is 0.368 e. The SMILES string of the molecule is CCc1cccc(-c2nc(N)nc(Nc3ccccc3)n2)n1. The number of para-hydroxylation sites is 1. The van der Waals surface area contributed by atoms with E-state index in [0.717, 1.165) is 17.8 Å². The van der Waals surface area contributed by atoms with Crippen LogP contribution in [0.1, 0.15) is 12.6 Å². The van der Waals surface area contributed by atoms with Crippen molar-refractivity contribution in [1.29, 1.82) is 0 Å². The predicted molar refractivity (Wildman–Crippen MR) is 86.6 cm³/mol. The Labute approximate surface area is 128 Å². The fraction of sp³-hybridized carbons (Fsp3) is 0.125. The Bertz CT molecular complexity index is 773. The summed E-state index contributed by atoms with van der Waals surface area (Å²) in [4.78, 5) is 17.2. The van der Waals surface area contributed by atoms with Crippen LogP contribution in [0.4, 0.5) is 17.6 Å². The van der Waals surface area contributed by atoms with Crippen LogP contribution in [0.3, 0.4) is 0 Å². The van der Waals surface area contributed by atoms with Gasteiger partial charge >= 0.3 is 0 Å². The van der Waals surface area contributed by atoms with Crippen LogP contribution in [-0.4, -0.2) is 19.9 Å². The molecular weight excluding hydrogens is 276 g/mol. The molecule has 110 valence electrons. The molecule has 22 heavy (non-hydrogen) atoms. The highest BCUT2D eigenvalue weighted by molar-refractivity contribution is 5.58. The number of aromatic nitrogens is 4. The number of benzene rings is 1. The Morgan fingerprint density at radius 3 is 2.50 bits per heavy atom. The van der Waals surface area contributed by atoms with E-state index in [4.69, 9.17) is 5.73 Å². The summed E-state index contributed by atoms with van der Waals surface area (Å²) in [6.07, 6.45) is 0.851. The first kappa shape index (κ1) is 13.9. The molecule has 6 nitrogen and oxygen atoms in total. The molecule has 0 saturated carbocycles. The minimum Gasteiger partial charge on any atom is -0.368 e. The maximum atomic E-state index is 5.79. The van der Waals surface area contributed by atoms with Gasteiger partial charge in [0.1, 0.15) is 5.69 Å². The Balaban J connectivity index is 1.95. The molecule has 3 N–H and O–H groups in total. The summed E-state index contributed by atoms with van der Waals surface area (Å²) in [7, 11) is 0. The lowest BCUT2D eigenvalue weighted by Gasteiger charge is -2.07. The minimum absolute atomic E-state index is 0.159. The number of rotatable bonds is 4. The van der Waals surface area contributed by atoms with Gasteiger partial charge in [-0.25, -0.2) is 4.98 Å². The molecule has 0 radical (unpaired) electrons. The van der Waals surface area contributed by atoms with Crippen LogP contribution in [-0.2, 0) is 6.42 Å². The van der Waals surface area contributed by atoms with Crippen molar-refractivity contribution in [3.63, 3.8) is 0 Å². The topological polar surface area (TPSA) is 89.6 Å². The zero-order valence-electron chi connectivity index (χ0n) is 12.2. The monoisotopic (exact) mass is 292 g/mol. The van der Waals surface area contributed by atoms with Gasteiger partial charge < -0.3 is 11.1 Å². The van der Waals surface area contributed by atoms with E-state index in [0.29, 0.717) is 17.5 Å². The van der Waals surface area contributed by atoms with Gasteiger partial charge in [-0.3, -0.25) is 0 Å². The van der Waals surface area contributed by atoms with Gasteiger partial charge in [0.05, 0.1) is 0 Å². The van der Waals surface area contributed by atoms with Crippen LogP contribution < -0.4 is 11.1 Å². The summed E-state index contributed by atoms with van der Waals surface area (Å²) in [5.41, 5.74) is 8.34. The van der Waals surface area contributed by atoms with Crippen molar-refractivity contribution in [2.45, 2.75) is 13.3 Å². The van der Waals surface area contributed by atoms with Crippen molar-refractivity contribution in [3.8, 4) is 11.5 Å². The van der Waals surface area contributed by atoms with E-state index < -0.39 is 0 Å². The lowest BCUT2D eigenvalue weighted by Crippen LogP contribution is -2.05. The van der Waals surface area contributed by atoms with Crippen molar-refractivity contribution < 1.29 is 0 Å². The molecule has 0 aliphatic carbocycles. The van der Waals surface area contributed by atoms with E-state index in [1.54, 1.807) is 0 Å². The summed E-state index contributed by atoms with van der Waals surface area (Å²) in [5.74, 6) is 1.02. The Kier molecular flexibility index (Phi) is 3.91. The second kappa shape index (κ2) is 6.17. The smallest absolute Gasteiger partial charge is 0.232 e. The van der Waals surface area contributed by atoms with Crippen LogP contribution in [0, 0.1) is 0 Å². The maximum absolute atomic E-state index is 5.79. The summed E-state index contributed by atoms with van der Waals surface area (Å²) in [6.45, 7) is 2.05. The predicted octanol–water partition coefficient (Wildman–Crippen LogP) is 2.82. The highest BCUT2D eigenvalue weighted by Crippen LogP contribution is 2.18. The van der Waals surface area contributed by atoms with E-state index >= 15 is 0 Å². The number of nitrogens with one attached hydrogen (secondary N) is 1. The van der Waals surface area contributed by atoms with Crippen LogP contribution in [0.25, 0.3) is 11.5 Å². The fourth-order valence-corrected chi connectivity index (χ4v) is 2.01. The number of hydrogen-bond acceptors (Lipinski definition) is 6. The standard InChI is InChI=1S/C16H16N6/c1-2-11-9-6-10-13(18-11)14-20-15(17)22-16(21-14)19-12-7-4-3-5-8-12/h3-10H,2H2,1H3,(H3,17,19,20,21,22). The Morgan fingerprint density at radius 1 is 0.909 bits per heavy atom. The summed E-state index contributed by atoms with van der Waals surface area (Å²) in [5, 5.41) is 3.11. The molecule has 3 rings (SSSR count). The highest BCUT2D eigenvalue weighted by atomic mass is 15.2. The third kappa shape index (κ3) is 3.17. The number of pyridine rings is 1. The quantitative estimate of drug-likeness (QED) is 0.768. The van der Waals surface area contributed by atoms with Crippen LogP contribution >= 0.6 is 0 Å². The molecule has 0 atom stereocenters. The van der Waals surface area contributed by atoms with E-state index in [2.05, 4.69) is 32.2 Å². The molecule has 0 unspecified atom stereocenters. The lowest BCUT2D eigenvalue weighted by molar-refractivity contribution is 1.01.